The second-order valence-electron chi connectivity index (χ2n) is 4.88. The molecule has 1 aromatic heterocycles. The summed E-state index contributed by atoms with van der Waals surface area (Å²) < 4.78 is 2.13. The van der Waals surface area contributed by atoms with Crippen LogP contribution < -0.4 is 5.32 Å². The van der Waals surface area contributed by atoms with Crippen LogP contribution in [0.3, 0.4) is 0 Å². The highest BCUT2D eigenvalue weighted by Crippen LogP contribution is 2.34. The summed E-state index contributed by atoms with van der Waals surface area (Å²) >= 11 is 8.39. The minimum atomic E-state index is -0.175. The highest BCUT2D eigenvalue weighted by molar-refractivity contribution is 9.10. The third kappa shape index (κ3) is 3.40. The van der Waals surface area contributed by atoms with E-state index >= 15 is 0 Å². The van der Waals surface area contributed by atoms with Gasteiger partial charge in [0.2, 0.25) is 5.91 Å². The van der Waals surface area contributed by atoms with E-state index in [9.17, 15) is 4.79 Å². The summed E-state index contributed by atoms with van der Waals surface area (Å²) in [7, 11) is 0. The molecule has 20 heavy (non-hydrogen) atoms. The van der Waals surface area contributed by atoms with Crippen LogP contribution in [0.2, 0.25) is 0 Å². The van der Waals surface area contributed by atoms with Crippen molar-refractivity contribution in [1.29, 1.82) is 0 Å². The van der Waals surface area contributed by atoms with E-state index in [-0.39, 0.29) is 10.7 Å². The average molecular weight is 420 g/mol. The van der Waals surface area contributed by atoms with Gasteiger partial charge in [0.25, 0.3) is 0 Å². The van der Waals surface area contributed by atoms with Crippen LogP contribution in [0.1, 0.15) is 38.7 Å². The molecule has 1 heterocycles. The molecule has 0 bridgehead atoms. The van der Waals surface area contributed by atoms with E-state index in [0.29, 0.717) is 11.0 Å². The molecule has 2 rings (SSSR count). The van der Waals surface area contributed by atoms with Crippen LogP contribution in [-0.2, 0) is 4.79 Å². The van der Waals surface area contributed by atoms with Gasteiger partial charge in [0.15, 0.2) is 5.13 Å². The maximum Gasteiger partial charge on any atom is 0.239 e. The Morgan fingerprint density at radius 3 is 2.75 bits per heavy atom. The molecule has 6 heteroatoms. The number of benzene rings is 1. The first-order valence-corrected chi connectivity index (χ1v) is 8.99. The molecule has 0 saturated carbocycles. The van der Waals surface area contributed by atoms with Gasteiger partial charge in [0.05, 0.1) is 15.0 Å². The SMILES string of the molecule is CC[C@@H](Br)C(=O)Nc1nc2c(C(C)C)cc(Br)cc2s1. The topological polar surface area (TPSA) is 42.0 Å². The summed E-state index contributed by atoms with van der Waals surface area (Å²) in [6.07, 6.45) is 0.750. The van der Waals surface area contributed by atoms with Crippen LogP contribution in [0, 0.1) is 0 Å². The van der Waals surface area contributed by atoms with Gasteiger partial charge in [-0.1, -0.05) is 64.0 Å². The number of anilines is 1. The zero-order valence-corrected chi connectivity index (χ0v) is 15.5. The second kappa shape index (κ2) is 6.54. The van der Waals surface area contributed by atoms with Crippen LogP contribution in [0.5, 0.6) is 0 Å². The number of alkyl halides is 1. The zero-order valence-electron chi connectivity index (χ0n) is 11.5. The molecule has 2 aromatic rings. The normalized spacial score (nSPS) is 12.9. The first kappa shape index (κ1) is 15.9. The molecule has 1 amide bonds. The lowest BCUT2D eigenvalue weighted by atomic mass is 10.0. The first-order chi connectivity index (χ1) is 9.42. The quantitative estimate of drug-likeness (QED) is 0.683. The number of thiazole rings is 1. The summed E-state index contributed by atoms with van der Waals surface area (Å²) in [5.41, 5.74) is 2.17. The van der Waals surface area contributed by atoms with Crippen molar-refractivity contribution in [3.8, 4) is 0 Å². The Kier molecular flexibility index (Phi) is 5.20. The smallest absolute Gasteiger partial charge is 0.239 e. The lowest BCUT2D eigenvalue weighted by Crippen LogP contribution is -2.21. The van der Waals surface area contributed by atoms with E-state index < -0.39 is 0 Å². The molecule has 1 aromatic carbocycles. The molecule has 3 nitrogen and oxygen atoms in total. The van der Waals surface area contributed by atoms with Gasteiger partial charge in [-0.05, 0) is 30.0 Å². The number of rotatable bonds is 4. The van der Waals surface area contributed by atoms with Gasteiger partial charge in [-0.2, -0.15) is 0 Å². The molecular formula is C14H16Br2N2OS. The number of hydrogen-bond acceptors (Lipinski definition) is 3. The Morgan fingerprint density at radius 1 is 1.45 bits per heavy atom. The van der Waals surface area contributed by atoms with Crippen molar-refractivity contribution in [3.05, 3.63) is 22.2 Å². The molecule has 1 N–H and O–H groups in total. The largest absolute Gasteiger partial charge is 0.301 e. The van der Waals surface area contributed by atoms with Crippen molar-refractivity contribution >= 4 is 64.5 Å². The summed E-state index contributed by atoms with van der Waals surface area (Å²) in [5, 5.41) is 3.53. The van der Waals surface area contributed by atoms with Gasteiger partial charge in [-0.15, -0.1) is 0 Å². The number of carbonyl (C=O) groups is 1. The van der Waals surface area contributed by atoms with Gasteiger partial charge in [-0.3, -0.25) is 4.79 Å². The third-order valence-electron chi connectivity index (χ3n) is 2.98. The Bertz CT molecular complexity index is 639. The maximum absolute atomic E-state index is 11.9. The standard InChI is InChI=1S/C14H16Br2N2OS/c1-4-10(16)13(19)18-14-17-12-9(7(2)3)5-8(15)6-11(12)20-14/h5-7,10H,4H2,1-3H3,(H,17,18,19)/t10-/m1/s1. The predicted molar refractivity (Wildman–Crippen MR) is 93.0 cm³/mol. The van der Waals surface area contributed by atoms with E-state index in [4.69, 9.17) is 0 Å². The van der Waals surface area contributed by atoms with E-state index in [1.54, 1.807) is 0 Å². The molecule has 0 unspecified atom stereocenters. The Balaban J connectivity index is 2.38. The first-order valence-electron chi connectivity index (χ1n) is 6.47. The molecule has 108 valence electrons. The number of amides is 1. The Labute approximate surface area is 139 Å². The fourth-order valence-electron chi connectivity index (χ4n) is 1.88. The van der Waals surface area contributed by atoms with Crippen molar-refractivity contribution in [2.75, 3.05) is 5.32 Å². The lowest BCUT2D eigenvalue weighted by Gasteiger charge is -2.06. The summed E-state index contributed by atoms with van der Waals surface area (Å²) in [6.45, 7) is 6.25. The molecule has 0 fully saturated rings. The van der Waals surface area contributed by atoms with E-state index in [1.807, 2.05) is 13.0 Å². The number of aromatic nitrogens is 1. The summed E-state index contributed by atoms with van der Waals surface area (Å²) in [4.78, 5) is 16.3. The number of halogens is 2. The Morgan fingerprint density at radius 2 is 2.15 bits per heavy atom. The molecular weight excluding hydrogens is 404 g/mol. The van der Waals surface area contributed by atoms with Crippen LogP contribution in [0.25, 0.3) is 10.2 Å². The zero-order chi connectivity index (χ0) is 14.9. The number of nitrogens with zero attached hydrogens (tertiary/aromatic N) is 1. The number of hydrogen-bond donors (Lipinski definition) is 1. The third-order valence-corrected chi connectivity index (χ3v) is 5.42. The van der Waals surface area contributed by atoms with Gasteiger partial charge in [-0.25, -0.2) is 4.98 Å². The van der Waals surface area contributed by atoms with Crippen LogP contribution in [-0.4, -0.2) is 15.7 Å². The second-order valence-corrected chi connectivity index (χ2v) is 7.93. The molecule has 0 saturated heterocycles. The highest BCUT2D eigenvalue weighted by atomic mass is 79.9. The van der Waals surface area contributed by atoms with E-state index in [2.05, 4.69) is 62.1 Å². The average Bonchev–Trinajstić information content (AvgIpc) is 2.78. The molecule has 1 atom stereocenters. The number of carbonyl (C=O) groups excluding carboxylic acids is 1. The lowest BCUT2D eigenvalue weighted by molar-refractivity contribution is -0.115. The maximum atomic E-state index is 11.9. The van der Waals surface area contributed by atoms with Crippen molar-refractivity contribution in [3.63, 3.8) is 0 Å². The minimum Gasteiger partial charge on any atom is -0.301 e. The molecule has 0 aliphatic carbocycles. The fraction of sp³-hybridized carbons (Fsp3) is 0.429. The highest BCUT2D eigenvalue weighted by Gasteiger charge is 2.16. The van der Waals surface area contributed by atoms with Gasteiger partial charge >= 0.3 is 0 Å². The molecule has 0 spiro atoms. The monoisotopic (exact) mass is 418 g/mol. The Hall–Kier alpha value is -0.460. The van der Waals surface area contributed by atoms with E-state index in [0.717, 1.165) is 21.1 Å². The van der Waals surface area contributed by atoms with Crippen LogP contribution >= 0.6 is 43.2 Å². The van der Waals surface area contributed by atoms with Crippen molar-refractivity contribution in [2.45, 2.75) is 37.9 Å². The van der Waals surface area contributed by atoms with Crippen molar-refractivity contribution < 1.29 is 4.79 Å². The number of nitrogens with one attached hydrogen (secondary N) is 1. The predicted octanol–water partition coefficient (Wildman–Crippen LogP) is 5.29. The fourth-order valence-corrected chi connectivity index (χ4v) is 3.57. The van der Waals surface area contributed by atoms with Crippen LogP contribution in [0.4, 0.5) is 5.13 Å². The minimum absolute atomic E-state index is 0.0447. The van der Waals surface area contributed by atoms with Crippen molar-refractivity contribution in [1.82, 2.24) is 4.98 Å². The van der Waals surface area contributed by atoms with Gasteiger partial charge < -0.3 is 5.32 Å². The number of fused-ring (bicyclic) bond motifs is 1. The van der Waals surface area contributed by atoms with Gasteiger partial charge in [0, 0.05) is 4.47 Å². The summed E-state index contributed by atoms with van der Waals surface area (Å²) in [5.74, 6) is 0.344. The molecule has 0 radical (unpaired) electrons. The van der Waals surface area contributed by atoms with Crippen molar-refractivity contribution in [2.24, 2.45) is 0 Å². The van der Waals surface area contributed by atoms with E-state index in [1.165, 1.54) is 16.9 Å². The van der Waals surface area contributed by atoms with Gasteiger partial charge in [0.1, 0.15) is 0 Å². The van der Waals surface area contributed by atoms with Crippen LogP contribution in [0.15, 0.2) is 16.6 Å². The molecule has 0 aliphatic heterocycles. The summed E-state index contributed by atoms with van der Waals surface area (Å²) in [6, 6.07) is 4.14. The molecule has 0 aliphatic rings.